The van der Waals surface area contributed by atoms with Crippen molar-refractivity contribution in [3.05, 3.63) is 50.5 Å². The third-order valence-electron chi connectivity index (χ3n) is 6.56. The van der Waals surface area contributed by atoms with E-state index in [0.29, 0.717) is 18.0 Å². The molecule has 3 heterocycles. The second-order valence-corrected chi connectivity index (χ2v) is 10.1. The number of amides is 1. The number of carbonyl (C=O) groups excluding carboxylic acids is 3. The normalized spacial score (nSPS) is 29.0. The summed E-state index contributed by atoms with van der Waals surface area (Å²) < 4.78 is 5.09. The highest BCUT2D eigenvalue weighted by Crippen LogP contribution is 2.52. The monoisotopic (exact) mass is 490 g/mol. The first-order valence-electron chi connectivity index (χ1n) is 11.0. The fourth-order valence-electron chi connectivity index (χ4n) is 4.81. The predicted molar refractivity (Wildman–Crippen MR) is 122 cm³/mol. The molecule has 4 rings (SSSR count). The zero-order valence-corrected chi connectivity index (χ0v) is 19.5. The van der Waals surface area contributed by atoms with Crippen molar-refractivity contribution >= 4 is 35.3 Å². The second-order valence-electron chi connectivity index (χ2n) is 8.76. The average Bonchev–Trinajstić information content (AvgIpc) is 3.35. The first-order chi connectivity index (χ1) is 16.1. The molecule has 2 saturated heterocycles. The van der Waals surface area contributed by atoms with Crippen LogP contribution in [0.5, 0.6) is 0 Å². The quantitative estimate of drug-likeness (QED) is 0.163. The number of thioether (sulfide) groups is 1. The van der Waals surface area contributed by atoms with Gasteiger partial charge in [-0.15, -0.1) is 11.8 Å². The summed E-state index contributed by atoms with van der Waals surface area (Å²) >= 11 is 1.47. The number of nitrogens with one attached hydrogen (secondary N) is 1. The van der Waals surface area contributed by atoms with Gasteiger partial charge in [0, 0.05) is 47.3 Å². The number of hydrogen-bond acceptors (Lipinski definition) is 10. The molecule has 12 heteroatoms. The highest BCUT2D eigenvalue weighted by atomic mass is 32.2. The molecule has 4 N–H and O–H groups in total. The van der Waals surface area contributed by atoms with Gasteiger partial charge in [0.05, 0.1) is 28.6 Å². The van der Waals surface area contributed by atoms with Gasteiger partial charge in [0.1, 0.15) is 5.70 Å². The number of esters is 2. The Morgan fingerprint density at radius 3 is 2.59 bits per heavy atom. The topological polar surface area (TPSA) is 165 Å². The molecular formula is C22H26N4O7S. The van der Waals surface area contributed by atoms with Crippen molar-refractivity contribution in [2.24, 2.45) is 17.6 Å². The summed E-state index contributed by atoms with van der Waals surface area (Å²) in [5, 5.41) is 24.4. The molecule has 0 unspecified atom stereocenters. The molecular weight excluding hydrogens is 464 g/mol. The number of nitrogens with zero attached hydrogens (tertiary/aromatic N) is 2. The number of non-ortho nitro benzene ring substituents is 1. The number of fused-ring (bicyclic) bond motifs is 1. The third-order valence-corrected chi connectivity index (χ3v) is 8.07. The summed E-state index contributed by atoms with van der Waals surface area (Å²) in [6, 6.07) is 4.45. The average molecular weight is 491 g/mol. The molecule has 3 aliphatic rings. The smallest absolute Gasteiger partial charge is 0.363 e. The number of benzene rings is 1. The minimum atomic E-state index is -0.973. The lowest BCUT2D eigenvalue weighted by molar-refractivity contribution is -0.384. The SMILES string of the molecule is C[C@@H](O)[C@H]1C(=O)N2C(C(=O)OC(=O)c3ccc([N+](=O)[O-])cc3)=C(S[C@@H]3CN[C@H](CN)C3)[C@H](C)[C@H]12. The lowest BCUT2D eigenvalue weighted by Gasteiger charge is -2.46. The molecule has 0 aromatic heterocycles. The minimum Gasteiger partial charge on any atom is -0.393 e. The van der Waals surface area contributed by atoms with Crippen LogP contribution in [0.25, 0.3) is 0 Å². The second kappa shape index (κ2) is 9.45. The molecule has 11 nitrogen and oxygen atoms in total. The molecule has 0 radical (unpaired) electrons. The van der Waals surface area contributed by atoms with Crippen molar-refractivity contribution in [1.82, 2.24) is 10.2 Å². The van der Waals surface area contributed by atoms with Gasteiger partial charge in [-0.1, -0.05) is 6.92 Å². The number of ether oxygens (including phenoxy) is 1. The van der Waals surface area contributed by atoms with Gasteiger partial charge in [0.2, 0.25) is 5.91 Å². The molecule has 182 valence electrons. The number of aliphatic hydroxyl groups excluding tert-OH is 1. The summed E-state index contributed by atoms with van der Waals surface area (Å²) in [6.45, 7) is 4.61. The van der Waals surface area contributed by atoms with Crippen LogP contribution in [0.15, 0.2) is 34.9 Å². The summed E-state index contributed by atoms with van der Waals surface area (Å²) in [5.41, 5.74) is 5.55. The zero-order chi connectivity index (χ0) is 24.7. The Labute approximate surface area is 199 Å². The first kappa shape index (κ1) is 24.3. The Kier molecular flexibility index (Phi) is 6.76. The number of nitro groups is 1. The molecule has 2 fully saturated rings. The fourth-order valence-corrected chi connectivity index (χ4v) is 6.33. The number of β-lactam (4-membered cyclic amide) rings is 1. The lowest BCUT2D eigenvalue weighted by Crippen LogP contribution is -2.63. The molecule has 0 spiro atoms. The molecule has 0 aliphatic carbocycles. The van der Waals surface area contributed by atoms with Crippen molar-refractivity contribution in [2.75, 3.05) is 13.1 Å². The van der Waals surface area contributed by atoms with Crippen LogP contribution in [0.4, 0.5) is 5.69 Å². The van der Waals surface area contributed by atoms with Gasteiger partial charge in [-0.3, -0.25) is 14.9 Å². The molecule has 0 bridgehead atoms. The van der Waals surface area contributed by atoms with Crippen LogP contribution in [0.3, 0.4) is 0 Å². The Balaban J connectivity index is 1.58. The van der Waals surface area contributed by atoms with E-state index >= 15 is 0 Å². The van der Waals surface area contributed by atoms with Crippen molar-refractivity contribution in [2.45, 2.75) is 43.7 Å². The summed E-state index contributed by atoms with van der Waals surface area (Å²) in [6.07, 6.45) is -0.0887. The molecule has 1 aromatic carbocycles. The fraction of sp³-hybridized carbons (Fsp3) is 0.500. The van der Waals surface area contributed by atoms with Crippen LogP contribution in [0, 0.1) is 22.0 Å². The zero-order valence-electron chi connectivity index (χ0n) is 18.7. The number of nitrogens with two attached hydrogens (primary N) is 1. The predicted octanol–water partition coefficient (Wildman–Crippen LogP) is 0.770. The highest BCUT2D eigenvalue weighted by molar-refractivity contribution is 8.03. The summed E-state index contributed by atoms with van der Waals surface area (Å²) in [4.78, 5) is 50.7. The van der Waals surface area contributed by atoms with E-state index in [2.05, 4.69) is 5.32 Å². The van der Waals surface area contributed by atoms with Crippen molar-refractivity contribution in [1.29, 1.82) is 0 Å². The largest absolute Gasteiger partial charge is 0.393 e. The van der Waals surface area contributed by atoms with Crippen LogP contribution in [-0.2, 0) is 14.3 Å². The van der Waals surface area contributed by atoms with Gasteiger partial charge in [-0.25, -0.2) is 9.59 Å². The summed E-state index contributed by atoms with van der Waals surface area (Å²) in [7, 11) is 0. The maximum atomic E-state index is 13.2. The number of hydrogen-bond donors (Lipinski definition) is 3. The number of rotatable bonds is 7. The van der Waals surface area contributed by atoms with Crippen LogP contribution >= 0.6 is 11.8 Å². The maximum Gasteiger partial charge on any atom is 0.363 e. The highest BCUT2D eigenvalue weighted by Gasteiger charge is 2.60. The molecule has 6 atom stereocenters. The molecule has 1 amide bonds. The van der Waals surface area contributed by atoms with E-state index in [4.69, 9.17) is 10.5 Å². The Hall–Kier alpha value is -2.80. The third kappa shape index (κ3) is 4.22. The lowest BCUT2D eigenvalue weighted by atomic mass is 9.79. The molecule has 3 aliphatic heterocycles. The van der Waals surface area contributed by atoms with Crippen molar-refractivity contribution in [3.63, 3.8) is 0 Å². The Bertz CT molecular complexity index is 1060. The summed E-state index contributed by atoms with van der Waals surface area (Å²) in [5.74, 6) is -3.19. The van der Waals surface area contributed by atoms with E-state index in [1.807, 2.05) is 6.92 Å². The van der Waals surface area contributed by atoms with E-state index in [0.717, 1.165) is 18.6 Å². The van der Waals surface area contributed by atoms with E-state index in [-0.39, 0.29) is 40.1 Å². The molecule has 34 heavy (non-hydrogen) atoms. The standard InChI is InChI=1S/C22H26N4O7S/c1-10-17-16(11(2)27)20(28)25(17)18(19(10)34-15-7-13(8-23)24-9-15)22(30)33-21(29)12-3-5-14(6-4-12)26(31)32/h3-6,10-11,13,15-17,24,27H,7-9,23H2,1-2H3/t10-,11-,13+,15+,16-,17-/m1/s1. The minimum absolute atomic E-state index is 0.0239. The van der Waals surface area contributed by atoms with Crippen molar-refractivity contribution < 1.29 is 29.2 Å². The van der Waals surface area contributed by atoms with E-state index in [1.54, 1.807) is 6.92 Å². The first-order valence-corrected chi connectivity index (χ1v) is 11.9. The molecule has 0 saturated carbocycles. The van der Waals surface area contributed by atoms with E-state index < -0.39 is 34.9 Å². The Morgan fingerprint density at radius 1 is 1.35 bits per heavy atom. The van der Waals surface area contributed by atoms with Gasteiger partial charge >= 0.3 is 11.9 Å². The van der Waals surface area contributed by atoms with Crippen molar-refractivity contribution in [3.8, 4) is 0 Å². The van der Waals surface area contributed by atoms with Crippen LogP contribution in [-0.4, -0.2) is 69.3 Å². The van der Waals surface area contributed by atoms with Gasteiger partial charge in [0.15, 0.2) is 0 Å². The van der Waals surface area contributed by atoms with Gasteiger partial charge < -0.3 is 25.8 Å². The van der Waals surface area contributed by atoms with Gasteiger partial charge in [-0.05, 0) is 25.5 Å². The Morgan fingerprint density at radius 2 is 2.03 bits per heavy atom. The van der Waals surface area contributed by atoms with Crippen LogP contribution < -0.4 is 11.1 Å². The van der Waals surface area contributed by atoms with Gasteiger partial charge in [0.25, 0.3) is 5.69 Å². The van der Waals surface area contributed by atoms with E-state index in [1.165, 1.54) is 28.8 Å². The number of aliphatic hydroxyl groups is 1. The van der Waals surface area contributed by atoms with E-state index in [9.17, 15) is 29.6 Å². The van der Waals surface area contributed by atoms with Crippen LogP contribution in [0.2, 0.25) is 0 Å². The van der Waals surface area contributed by atoms with Gasteiger partial charge in [-0.2, -0.15) is 0 Å². The van der Waals surface area contributed by atoms with Crippen LogP contribution in [0.1, 0.15) is 30.6 Å². The molecule has 1 aromatic rings. The number of carbonyl (C=O) groups is 3. The number of nitro benzene ring substituents is 1. The maximum absolute atomic E-state index is 13.2.